The summed E-state index contributed by atoms with van der Waals surface area (Å²) in [4.78, 5) is 18.0. The van der Waals surface area contributed by atoms with Crippen LogP contribution in [0, 0.1) is 5.92 Å². The molecule has 0 spiro atoms. The Labute approximate surface area is 120 Å². The summed E-state index contributed by atoms with van der Waals surface area (Å²) in [7, 11) is 0. The maximum Gasteiger partial charge on any atom is 0.410 e. The van der Waals surface area contributed by atoms with Crippen molar-refractivity contribution in [3.8, 4) is 0 Å². The van der Waals surface area contributed by atoms with Gasteiger partial charge in [0.2, 0.25) is 0 Å². The summed E-state index contributed by atoms with van der Waals surface area (Å²) in [6.45, 7) is 7.64. The van der Waals surface area contributed by atoms with Gasteiger partial charge in [-0.25, -0.2) is 4.79 Å². The van der Waals surface area contributed by atoms with Crippen LogP contribution in [-0.2, 0) is 4.74 Å². The quantitative estimate of drug-likeness (QED) is 0.810. The van der Waals surface area contributed by atoms with Crippen molar-refractivity contribution in [3.63, 3.8) is 0 Å². The number of aliphatic hydroxyl groups is 1. The molecule has 2 rings (SSSR count). The highest BCUT2D eigenvalue weighted by Crippen LogP contribution is 2.32. The summed E-state index contributed by atoms with van der Waals surface area (Å²) < 4.78 is 5.35. The van der Waals surface area contributed by atoms with Crippen LogP contribution in [0.1, 0.15) is 33.6 Å². The lowest BCUT2D eigenvalue weighted by Gasteiger charge is -2.30. The number of carbonyl (C=O) groups excluding carboxylic acids is 1. The van der Waals surface area contributed by atoms with Crippen LogP contribution < -0.4 is 5.32 Å². The molecule has 0 aromatic carbocycles. The zero-order valence-corrected chi connectivity index (χ0v) is 12.6. The van der Waals surface area contributed by atoms with E-state index in [-0.39, 0.29) is 12.2 Å². The molecule has 1 unspecified atom stereocenters. The normalized spacial score (nSPS) is 21.2. The van der Waals surface area contributed by atoms with Crippen LogP contribution in [0.4, 0.5) is 4.79 Å². The van der Waals surface area contributed by atoms with Crippen LogP contribution in [0.2, 0.25) is 0 Å². The predicted octanol–water partition coefficient (Wildman–Crippen LogP) is 0.996. The van der Waals surface area contributed by atoms with Gasteiger partial charge in [0.05, 0.1) is 19.2 Å². The van der Waals surface area contributed by atoms with E-state index < -0.39 is 5.60 Å². The minimum atomic E-state index is -0.485. The molecule has 6 nitrogen and oxygen atoms in total. The van der Waals surface area contributed by atoms with Crippen LogP contribution >= 0.6 is 0 Å². The van der Waals surface area contributed by atoms with E-state index in [9.17, 15) is 9.90 Å². The molecule has 6 heteroatoms. The van der Waals surface area contributed by atoms with Crippen LogP contribution in [0.5, 0.6) is 0 Å². The summed E-state index contributed by atoms with van der Waals surface area (Å²) in [5.74, 6) is 1.19. The Hall–Kier alpha value is -1.30. The van der Waals surface area contributed by atoms with E-state index in [1.54, 1.807) is 4.90 Å². The minimum absolute atomic E-state index is 0.311. The Balaban J connectivity index is 1.78. The Bertz CT molecular complexity index is 386. The van der Waals surface area contributed by atoms with E-state index in [0.29, 0.717) is 32.1 Å². The number of aliphatic hydroxyl groups excluding tert-OH is 1. The van der Waals surface area contributed by atoms with Crippen molar-refractivity contribution < 1.29 is 14.6 Å². The molecule has 0 aromatic rings. The van der Waals surface area contributed by atoms with Gasteiger partial charge in [-0.1, -0.05) is 0 Å². The first-order valence-corrected chi connectivity index (χ1v) is 7.28. The number of nitrogens with zero attached hydrogens (tertiary/aromatic N) is 2. The van der Waals surface area contributed by atoms with Crippen molar-refractivity contribution in [1.82, 2.24) is 10.2 Å². The van der Waals surface area contributed by atoms with Crippen molar-refractivity contribution in [2.75, 3.05) is 26.2 Å². The van der Waals surface area contributed by atoms with Crippen molar-refractivity contribution in [3.05, 3.63) is 0 Å². The first-order chi connectivity index (χ1) is 9.35. The molecule has 1 aliphatic heterocycles. The molecule has 2 N–H and O–H groups in total. The fourth-order valence-corrected chi connectivity index (χ4v) is 2.08. The van der Waals surface area contributed by atoms with E-state index in [1.807, 2.05) is 20.8 Å². The number of hydrogen-bond acceptors (Lipinski definition) is 5. The number of amidine groups is 1. The third-order valence-corrected chi connectivity index (χ3v) is 3.35. The lowest BCUT2D eigenvalue weighted by molar-refractivity contribution is 0.0276. The predicted molar refractivity (Wildman–Crippen MR) is 76.8 cm³/mol. The Morgan fingerprint density at radius 1 is 1.55 bits per heavy atom. The third-order valence-electron chi connectivity index (χ3n) is 3.35. The van der Waals surface area contributed by atoms with Gasteiger partial charge in [-0.2, -0.15) is 0 Å². The Morgan fingerprint density at radius 3 is 2.85 bits per heavy atom. The summed E-state index contributed by atoms with van der Waals surface area (Å²) in [6.07, 6.45) is 1.60. The molecule has 1 aliphatic carbocycles. The highest BCUT2D eigenvalue weighted by Gasteiger charge is 2.30. The summed E-state index contributed by atoms with van der Waals surface area (Å²) in [6, 6.07) is 0. The molecule has 0 radical (unpaired) electrons. The van der Waals surface area contributed by atoms with Crippen LogP contribution in [0.25, 0.3) is 0 Å². The Kier molecular flexibility index (Phi) is 4.52. The molecule has 114 valence electrons. The first kappa shape index (κ1) is 15.1. The molecular formula is C14H25N3O3. The number of aliphatic imine (C=N–C) groups is 1. The molecule has 1 heterocycles. The maximum atomic E-state index is 12.0. The van der Waals surface area contributed by atoms with Crippen LogP contribution in [-0.4, -0.2) is 59.8 Å². The minimum Gasteiger partial charge on any atom is -0.444 e. The van der Waals surface area contributed by atoms with Gasteiger partial charge in [-0.15, -0.1) is 0 Å². The van der Waals surface area contributed by atoms with E-state index in [0.717, 1.165) is 18.7 Å². The molecular weight excluding hydrogens is 258 g/mol. The van der Waals surface area contributed by atoms with Gasteiger partial charge in [0.15, 0.2) is 0 Å². The van der Waals surface area contributed by atoms with Crippen molar-refractivity contribution in [1.29, 1.82) is 0 Å². The fraction of sp³-hybridized carbons (Fsp3) is 0.857. The Morgan fingerprint density at radius 2 is 2.25 bits per heavy atom. The molecule has 0 bridgehead atoms. The molecule has 20 heavy (non-hydrogen) atoms. The smallest absolute Gasteiger partial charge is 0.410 e. The highest BCUT2D eigenvalue weighted by atomic mass is 16.6. The second-order valence-electron chi connectivity index (χ2n) is 6.52. The zero-order chi connectivity index (χ0) is 14.8. The molecule has 2 aliphatic rings. The second-order valence-corrected chi connectivity index (χ2v) is 6.52. The van der Waals surface area contributed by atoms with E-state index in [2.05, 4.69) is 10.3 Å². The van der Waals surface area contributed by atoms with Crippen LogP contribution in [0.3, 0.4) is 0 Å². The monoisotopic (exact) mass is 283 g/mol. The molecule has 0 aromatic heterocycles. The zero-order valence-electron chi connectivity index (χ0n) is 12.6. The molecule has 1 saturated carbocycles. The van der Waals surface area contributed by atoms with Gasteiger partial charge in [-0.3, -0.25) is 9.89 Å². The molecule has 1 atom stereocenters. The molecule has 0 saturated heterocycles. The molecule has 1 amide bonds. The number of rotatable bonds is 3. The maximum absolute atomic E-state index is 12.0. The second kappa shape index (κ2) is 5.99. The number of amides is 1. The first-order valence-electron chi connectivity index (χ1n) is 7.28. The van der Waals surface area contributed by atoms with Gasteiger partial charge in [0.25, 0.3) is 0 Å². The summed E-state index contributed by atoms with van der Waals surface area (Å²) in [5, 5.41) is 13.0. The van der Waals surface area contributed by atoms with Crippen molar-refractivity contribution >= 4 is 11.9 Å². The average molecular weight is 283 g/mol. The average Bonchev–Trinajstić information content (AvgIpc) is 3.18. The van der Waals surface area contributed by atoms with Gasteiger partial charge >= 0.3 is 6.09 Å². The number of hydrogen-bond donors (Lipinski definition) is 2. The standard InChI is InChI=1S/C14H25N3O3/c1-14(2,3)20-13(19)17-7-6-15-12(9-17)16-8-11(18)10-4-5-10/h10-11,18H,4-9H2,1-3H3,(H,15,16). The van der Waals surface area contributed by atoms with Gasteiger partial charge in [0, 0.05) is 13.1 Å². The van der Waals surface area contributed by atoms with Gasteiger partial charge in [-0.05, 0) is 39.5 Å². The summed E-state index contributed by atoms with van der Waals surface area (Å²) in [5.41, 5.74) is -0.485. The van der Waals surface area contributed by atoms with Crippen molar-refractivity contribution in [2.24, 2.45) is 10.9 Å². The fourth-order valence-electron chi connectivity index (χ4n) is 2.08. The lowest BCUT2D eigenvalue weighted by Crippen LogP contribution is -2.48. The van der Waals surface area contributed by atoms with Crippen molar-refractivity contribution in [2.45, 2.75) is 45.3 Å². The molecule has 1 fully saturated rings. The topological polar surface area (TPSA) is 74.2 Å². The van der Waals surface area contributed by atoms with Gasteiger partial charge in [0.1, 0.15) is 11.4 Å². The number of carbonyl (C=O) groups is 1. The highest BCUT2D eigenvalue weighted by molar-refractivity contribution is 5.87. The third kappa shape index (κ3) is 4.67. The SMILES string of the molecule is CC(C)(C)OC(=O)N1CCN=C(NCC(O)C2CC2)C1. The van der Waals surface area contributed by atoms with E-state index in [4.69, 9.17) is 4.74 Å². The summed E-state index contributed by atoms with van der Waals surface area (Å²) >= 11 is 0. The van der Waals surface area contributed by atoms with Gasteiger partial charge < -0.3 is 15.2 Å². The van der Waals surface area contributed by atoms with E-state index >= 15 is 0 Å². The number of nitrogens with one attached hydrogen (secondary N) is 1. The van der Waals surface area contributed by atoms with Crippen LogP contribution in [0.15, 0.2) is 4.99 Å². The lowest BCUT2D eigenvalue weighted by atomic mass is 10.2. The van der Waals surface area contributed by atoms with E-state index in [1.165, 1.54) is 0 Å². The number of ether oxygens (including phenoxy) is 1. The largest absolute Gasteiger partial charge is 0.444 e.